The fourth-order valence-corrected chi connectivity index (χ4v) is 3.64. The van der Waals surface area contributed by atoms with E-state index in [0.29, 0.717) is 17.9 Å². The summed E-state index contributed by atoms with van der Waals surface area (Å²) in [6, 6.07) is 12.9. The largest absolute Gasteiger partial charge is 0.357 e. The molecule has 2 amide bonds. The van der Waals surface area contributed by atoms with E-state index in [0.717, 1.165) is 16.2 Å². The number of hydrogen-bond acceptors (Lipinski definition) is 3. The average molecular weight is 423 g/mol. The van der Waals surface area contributed by atoms with Gasteiger partial charge >= 0.3 is 0 Å². The maximum Gasteiger partial charge on any atom is 0.242 e. The van der Waals surface area contributed by atoms with Crippen molar-refractivity contribution in [2.45, 2.75) is 37.2 Å². The summed E-state index contributed by atoms with van der Waals surface area (Å²) in [6.07, 6.45) is 1.02. The van der Waals surface area contributed by atoms with Gasteiger partial charge in [0.05, 0.1) is 0 Å². The molecule has 0 saturated heterocycles. The van der Waals surface area contributed by atoms with E-state index in [1.54, 1.807) is 42.8 Å². The minimum atomic E-state index is -0.605. The van der Waals surface area contributed by atoms with E-state index in [9.17, 15) is 14.0 Å². The Morgan fingerprint density at radius 2 is 1.79 bits per heavy atom. The van der Waals surface area contributed by atoms with Gasteiger partial charge in [-0.2, -0.15) is 0 Å². The molecule has 1 atom stereocenters. The molecule has 2 aromatic rings. The van der Waals surface area contributed by atoms with Crippen molar-refractivity contribution < 1.29 is 14.0 Å². The van der Waals surface area contributed by atoms with Crippen LogP contribution in [-0.4, -0.2) is 35.6 Å². The number of amides is 2. The number of benzene rings is 2. The van der Waals surface area contributed by atoms with Gasteiger partial charge in [0.25, 0.3) is 0 Å². The summed E-state index contributed by atoms with van der Waals surface area (Å²) in [5.74, 6) is 0.120. The molecule has 0 heterocycles. The van der Waals surface area contributed by atoms with E-state index in [1.807, 2.05) is 24.3 Å². The van der Waals surface area contributed by atoms with Crippen LogP contribution >= 0.6 is 23.4 Å². The van der Waals surface area contributed by atoms with Crippen molar-refractivity contribution in [1.29, 1.82) is 0 Å². The van der Waals surface area contributed by atoms with Gasteiger partial charge in [0, 0.05) is 29.9 Å². The number of hydrogen-bond donors (Lipinski definition) is 1. The molecule has 150 valence electrons. The molecule has 0 saturated carbocycles. The van der Waals surface area contributed by atoms with Gasteiger partial charge in [0.15, 0.2) is 0 Å². The van der Waals surface area contributed by atoms with Gasteiger partial charge in [0.2, 0.25) is 11.8 Å². The Morgan fingerprint density at radius 3 is 2.39 bits per heavy atom. The molecule has 0 unspecified atom stereocenters. The number of likely N-dealkylation sites (N-methyl/N-ethyl adjacent to an activating group) is 1. The van der Waals surface area contributed by atoms with Crippen molar-refractivity contribution >= 4 is 35.2 Å². The molecule has 0 fully saturated rings. The van der Waals surface area contributed by atoms with Crippen LogP contribution in [0.3, 0.4) is 0 Å². The highest BCUT2D eigenvalue weighted by Crippen LogP contribution is 2.22. The molecule has 0 radical (unpaired) electrons. The first-order valence-corrected chi connectivity index (χ1v) is 10.4. The third-order valence-electron chi connectivity index (χ3n) is 4.30. The second-order valence-corrected chi connectivity index (χ2v) is 7.95. The predicted molar refractivity (Wildman–Crippen MR) is 112 cm³/mol. The van der Waals surface area contributed by atoms with E-state index in [-0.39, 0.29) is 24.2 Å². The summed E-state index contributed by atoms with van der Waals surface area (Å²) >= 11 is 7.54. The van der Waals surface area contributed by atoms with Gasteiger partial charge < -0.3 is 10.2 Å². The minimum absolute atomic E-state index is 0.0999. The molecule has 2 aromatic carbocycles. The van der Waals surface area contributed by atoms with Crippen LogP contribution in [0, 0.1) is 5.82 Å². The molecule has 2 rings (SSSR count). The van der Waals surface area contributed by atoms with Crippen LogP contribution in [0.25, 0.3) is 0 Å². The number of thioether (sulfide) groups is 1. The smallest absolute Gasteiger partial charge is 0.242 e. The fourth-order valence-electron chi connectivity index (χ4n) is 2.67. The number of carbonyl (C=O) groups is 2. The molecule has 0 spiro atoms. The van der Waals surface area contributed by atoms with Crippen LogP contribution in [0.5, 0.6) is 0 Å². The van der Waals surface area contributed by atoms with Crippen LogP contribution < -0.4 is 5.32 Å². The molecule has 28 heavy (non-hydrogen) atoms. The summed E-state index contributed by atoms with van der Waals surface area (Å²) in [7, 11) is 1.54. The van der Waals surface area contributed by atoms with Gasteiger partial charge in [-0.15, -0.1) is 11.8 Å². The van der Waals surface area contributed by atoms with E-state index in [2.05, 4.69) is 5.32 Å². The van der Waals surface area contributed by atoms with Crippen LogP contribution in [-0.2, 0) is 16.1 Å². The zero-order chi connectivity index (χ0) is 20.5. The topological polar surface area (TPSA) is 49.4 Å². The molecule has 1 N–H and O–H groups in total. The zero-order valence-electron chi connectivity index (χ0n) is 16.0. The Kier molecular flexibility index (Phi) is 8.80. The molecule has 0 aliphatic rings. The second kappa shape index (κ2) is 11.1. The SMILES string of the molecule is CNC(=O)[C@H](C)N(Cc1ccc(F)cc1)C(=O)CCCSc1ccc(Cl)cc1. The molecular weight excluding hydrogens is 399 g/mol. The first-order chi connectivity index (χ1) is 13.4. The van der Waals surface area contributed by atoms with Crippen molar-refractivity contribution in [2.75, 3.05) is 12.8 Å². The van der Waals surface area contributed by atoms with Crippen molar-refractivity contribution in [3.8, 4) is 0 Å². The summed E-state index contributed by atoms with van der Waals surface area (Å²) in [5.41, 5.74) is 0.779. The van der Waals surface area contributed by atoms with E-state index in [1.165, 1.54) is 12.1 Å². The van der Waals surface area contributed by atoms with Gasteiger partial charge in [-0.25, -0.2) is 4.39 Å². The van der Waals surface area contributed by atoms with Crippen molar-refractivity contribution in [1.82, 2.24) is 10.2 Å². The van der Waals surface area contributed by atoms with Gasteiger partial charge in [-0.05, 0) is 61.1 Å². The molecule has 0 aliphatic carbocycles. The molecule has 0 bridgehead atoms. The normalized spacial score (nSPS) is 11.7. The molecule has 0 aliphatic heterocycles. The Hall–Kier alpha value is -2.05. The Balaban J connectivity index is 1.94. The highest BCUT2D eigenvalue weighted by molar-refractivity contribution is 7.99. The number of nitrogens with one attached hydrogen (secondary N) is 1. The highest BCUT2D eigenvalue weighted by atomic mass is 35.5. The average Bonchev–Trinajstić information content (AvgIpc) is 2.70. The van der Waals surface area contributed by atoms with E-state index in [4.69, 9.17) is 11.6 Å². The van der Waals surface area contributed by atoms with E-state index >= 15 is 0 Å². The van der Waals surface area contributed by atoms with Gasteiger partial charge in [0.1, 0.15) is 11.9 Å². The summed E-state index contributed by atoms with van der Waals surface area (Å²) in [5, 5.41) is 3.27. The maximum absolute atomic E-state index is 13.1. The summed E-state index contributed by atoms with van der Waals surface area (Å²) in [4.78, 5) is 27.5. The maximum atomic E-state index is 13.1. The Bertz CT molecular complexity index is 784. The Labute approximate surface area is 174 Å². The lowest BCUT2D eigenvalue weighted by molar-refractivity contribution is -0.140. The number of carbonyl (C=O) groups excluding carboxylic acids is 2. The first kappa shape index (κ1) is 22.2. The summed E-state index contributed by atoms with van der Waals surface area (Å²) in [6.45, 7) is 1.96. The predicted octanol–water partition coefficient (Wildman–Crippen LogP) is 4.51. The first-order valence-electron chi connectivity index (χ1n) is 9.04. The van der Waals surface area contributed by atoms with E-state index < -0.39 is 6.04 Å². The van der Waals surface area contributed by atoms with Gasteiger partial charge in [-0.1, -0.05) is 23.7 Å². The standard InChI is InChI=1S/C21H24ClFN2O2S/c1-15(21(27)24-2)25(14-16-5-9-18(23)10-6-16)20(26)4-3-13-28-19-11-7-17(22)8-12-19/h5-12,15H,3-4,13-14H2,1-2H3,(H,24,27)/t15-/m0/s1. The molecule has 4 nitrogen and oxygen atoms in total. The second-order valence-electron chi connectivity index (χ2n) is 6.34. The van der Waals surface area contributed by atoms with Crippen molar-refractivity contribution in [3.05, 3.63) is 64.9 Å². The lowest BCUT2D eigenvalue weighted by Crippen LogP contribution is -2.46. The monoisotopic (exact) mass is 422 g/mol. The fraction of sp³-hybridized carbons (Fsp3) is 0.333. The summed E-state index contributed by atoms with van der Waals surface area (Å²) < 4.78 is 13.1. The minimum Gasteiger partial charge on any atom is -0.357 e. The van der Waals surface area contributed by atoms with Crippen LogP contribution in [0.4, 0.5) is 4.39 Å². The Morgan fingerprint density at radius 1 is 1.14 bits per heavy atom. The lowest BCUT2D eigenvalue weighted by Gasteiger charge is -2.28. The third-order valence-corrected chi connectivity index (χ3v) is 5.65. The highest BCUT2D eigenvalue weighted by Gasteiger charge is 2.25. The van der Waals surface area contributed by atoms with Crippen molar-refractivity contribution in [3.63, 3.8) is 0 Å². The third kappa shape index (κ3) is 6.84. The van der Waals surface area contributed by atoms with Crippen molar-refractivity contribution in [2.24, 2.45) is 0 Å². The van der Waals surface area contributed by atoms with Crippen LogP contribution in [0.1, 0.15) is 25.3 Å². The van der Waals surface area contributed by atoms with Gasteiger partial charge in [-0.3, -0.25) is 9.59 Å². The number of halogens is 2. The molecule has 7 heteroatoms. The number of nitrogens with zero attached hydrogens (tertiary/aromatic N) is 1. The quantitative estimate of drug-likeness (QED) is 0.477. The molecular formula is C21H24ClFN2O2S. The molecule has 0 aromatic heterocycles. The number of rotatable bonds is 9. The van der Waals surface area contributed by atoms with Crippen LogP contribution in [0.15, 0.2) is 53.4 Å². The lowest BCUT2D eigenvalue weighted by atomic mass is 10.1. The zero-order valence-corrected chi connectivity index (χ0v) is 17.5. The van der Waals surface area contributed by atoms with Crippen LogP contribution in [0.2, 0.25) is 5.02 Å².